The summed E-state index contributed by atoms with van der Waals surface area (Å²) < 4.78 is 18.9. The Kier molecular flexibility index (Phi) is 4.01. The van der Waals surface area contributed by atoms with Crippen molar-refractivity contribution in [2.45, 2.75) is 18.4 Å². The number of nitrogens with one attached hydrogen (secondary N) is 1. The fourth-order valence-electron chi connectivity index (χ4n) is 1.82. The third kappa shape index (κ3) is 3.40. The third-order valence-electron chi connectivity index (χ3n) is 2.93. The summed E-state index contributed by atoms with van der Waals surface area (Å²) in [6.07, 6.45) is 1.35. The minimum Gasteiger partial charge on any atom is -0.491 e. The lowest BCUT2D eigenvalue weighted by atomic mass is 9.94. The molecule has 0 amide bonds. The maximum Gasteiger partial charge on any atom is 0.137 e. The Morgan fingerprint density at radius 1 is 1.41 bits per heavy atom. The van der Waals surface area contributed by atoms with Crippen LogP contribution >= 0.6 is 15.9 Å². The van der Waals surface area contributed by atoms with E-state index in [9.17, 15) is 9.50 Å². The maximum absolute atomic E-state index is 13.0. The molecule has 1 fully saturated rings. The van der Waals surface area contributed by atoms with Crippen LogP contribution in [0.1, 0.15) is 12.8 Å². The number of rotatable bonds is 3. The van der Waals surface area contributed by atoms with Crippen LogP contribution in [0.15, 0.2) is 22.7 Å². The van der Waals surface area contributed by atoms with E-state index < -0.39 is 5.60 Å². The fraction of sp³-hybridized carbons (Fsp3) is 0.500. The van der Waals surface area contributed by atoms with Gasteiger partial charge in [0.05, 0.1) is 4.47 Å². The van der Waals surface area contributed by atoms with E-state index in [1.807, 2.05) is 0 Å². The first-order chi connectivity index (χ1) is 8.09. The van der Waals surface area contributed by atoms with Gasteiger partial charge in [0, 0.05) is 0 Å². The van der Waals surface area contributed by atoms with Crippen molar-refractivity contribution < 1.29 is 14.2 Å². The van der Waals surface area contributed by atoms with Gasteiger partial charge in [0.25, 0.3) is 0 Å². The lowest BCUT2D eigenvalue weighted by Gasteiger charge is -2.32. The summed E-state index contributed by atoms with van der Waals surface area (Å²) in [5.74, 6) is 0.239. The van der Waals surface area contributed by atoms with Gasteiger partial charge in [-0.25, -0.2) is 4.39 Å². The van der Waals surface area contributed by atoms with Crippen molar-refractivity contribution in [3.63, 3.8) is 0 Å². The molecule has 0 aromatic heterocycles. The Bertz CT molecular complexity index is 394. The molecule has 94 valence electrons. The first-order valence-electron chi connectivity index (χ1n) is 5.60. The van der Waals surface area contributed by atoms with Gasteiger partial charge in [-0.3, -0.25) is 0 Å². The van der Waals surface area contributed by atoms with Crippen molar-refractivity contribution in [1.82, 2.24) is 5.32 Å². The van der Waals surface area contributed by atoms with Gasteiger partial charge in [-0.2, -0.15) is 0 Å². The van der Waals surface area contributed by atoms with Gasteiger partial charge in [0.1, 0.15) is 23.8 Å². The Morgan fingerprint density at radius 2 is 2.12 bits per heavy atom. The predicted octanol–water partition coefficient (Wildman–Crippen LogP) is 2.08. The standard InChI is InChI=1S/C12H15BrFNO2/c13-10-7-9(1-2-11(10)14)17-8-12(16)3-5-15-6-4-12/h1-2,7,15-16H,3-6,8H2. The van der Waals surface area contributed by atoms with Crippen molar-refractivity contribution >= 4 is 15.9 Å². The maximum atomic E-state index is 13.0. The Labute approximate surface area is 108 Å². The summed E-state index contributed by atoms with van der Waals surface area (Å²) >= 11 is 3.10. The second-order valence-electron chi connectivity index (χ2n) is 4.34. The van der Waals surface area contributed by atoms with Crippen molar-refractivity contribution in [3.05, 3.63) is 28.5 Å². The Hall–Kier alpha value is -0.650. The molecular formula is C12H15BrFNO2. The SMILES string of the molecule is OC1(COc2ccc(F)c(Br)c2)CCNCC1. The number of halogens is 2. The van der Waals surface area contributed by atoms with Crippen molar-refractivity contribution in [2.75, 3.05) is 19.7 Å². The largest absolute Gasteiger partial charge is 0.491 e. The smallest absolute Gasteiger partial charge is 0.137 e. The van der Waals surface area contributed by atoms with Crippen LogP contribution in [0.4, 0.5) is 4.39 Å². The minimum atomic E-state index is -0.772. The van der Waals surface area contributed by atoms with E-state index in [0.29, 0.717) is 23.1 Å². The van der Waals surface area contributed by atoms with Gasteiger partial charge in [0.2, 0.25) is 0 Å². The molecular weight excluding hydrogens is 289 g/mol. The Morgan fingerprint density at radius 3 is 2.76 bits per heavy atom. The fourth-order valence-corrected chi connectivity index (χ4v) is 2.18. The van der Waals surface area contributed by atoms with Gasteiger partial charge >= 0.3 is 0 Å². The first kappa shape index (κ1) is 12.8. The lowest BCUT2D eigenvalue weighted by molar-refractivity contribution is -0.0286. The second kappa shape index (κ2) is 5.33. The molecule has 0 saturated carbocycles. The molecule has 1 aromatic rings. The predicted molar refractivity (Wildman–Crippen MR) is 66.6 cm³/mol. The zero-order chi connectivity index (χ0) is 12.3. The van der Waals surface area contributed by atoms with E-state index >= 15 is 0 Å². The summed E-state index contributed by atoms with van der Waals surface area (Å²) in [6, 6.07) is 4.47. The van der Waals surface area contributed by atoms with Crippen molar-refractivity contribution in [2.24, 2.45) is 0 Å². The average Bonchev–Trinajstić information content (AvgIpc) is 2.32. The average molecular weight is 304 g/mol. The molecule has 1 heterocycles. The first-order valence-corrected chi connectivity index (χ1v) is 6.39. The molecule has 5 heteroatoms. The summed E-state index contributed by atoms with van der Waals surface area (Å²) in [6.45, 7) is 1.84. The van der Waals surface area contributed by atoms with Gasteiger partial charge in [-0.05, 0) is 60.1 Å². The van der Waals surface area contributed by atoms with Gasteiger partial charge in [-0.1, -0.05) is 0 Å². The number of piperidine rings is 1. The van der Waals surface area contributed by atoms with Crippen LogP contribution in [0, 0.1) is 5.82 Å². The molecule has 0 atom stereocenters. The monoisotopic (exact) mass is 303 g/mol. The third-order valence-corrected chi connectivity index (χ3v) is 3.54. The molecule has 0 spiro atoms. The number of hydrogen-bond donors (Lipinski definition) is 2. The molecule has 0 unspecified atom stereocenters. The van der Waals surface area contributed by atoms with Crippen LogP contribution in [0.2, 0.25) is 0 Å². The number of ether oxygens (including phenoxy) is 1. The van der Waals surface area contributed by atoms with Crippen LogP contribution in [0.25, 0.3) is 0 Å². The molecule has 17 heavy (non-hydrogen) atoms. The van der Waals surface area contributed by atoms with Crippen LogP contribution in [0.5, 0.6) is 5.75 Å². The van der Waals surface area contributed by atoms with Crippen LogP contribution in [-0.4, -0.2) is 30.4 Å². The van der Waals surface area contributed by atoms with Crippen molar-refractivity contribution in [3.8, 4) is 5.75 Å². The summed E-state index contributed by atoms with van der Waals surface area (Å²) in [4.78, 5) is 0. The molecule has 1 aromatic carbocycles. The highest BCUT2D eigenvalue weighted by molar-refractivity contribution is 9.10. The molecule has 1 aliphatic heterocycles. The molecule has 2 N–H and O–H groups in total. The zero-order valence-electron chi connectivity index (χ0n) is 9.38. The zero-order valence-corrected chi connectivity index (χ0v) is 11.0. The van der Waals surface area contributed by atoms with Gasteiger partial charge in [-0.15, -0.1) is 0 Å². The Balaban J connectivity index is 1.94. The van der Waals surface area contributed by atoms with Crippen LogP contribution < -0.4 is 10.1 Å². The number of hydrogen-bond acceptors (Lipinski definition) is 3. The molecule has 3 nitrogen and oxygen atoms in total. The summed E-state index contributed by atoms with van der Waals surface area (Å²) in [5, 5.41) is 13.4. The summed E-state index contributed by atoms with van der Waals surface area (Å²) in [5.41, 5.74) is -0.772. The normalized spacial score (nSPS) is 19.0. The lowest BCUT2D eigenvalue weighted by Crippen LogP contribution is -2.45. The molecule has 0 bridgehead atoms. The van der Waals surface area contributed by atoms with E-state index in [1.54, 1.807) is 12.1 Å². The van der Waals surface area contributed by atoms with Gasteiger partial charge < -0.3 is 15.2 Å². The highest BCUT2D eigenvalue weighted by atomic mass is 79.9. The highest BCUT2D eigenvalue weighted by Crippen LogP contribution is 2.24. The topological polar surface area (TPSA) is 41.5 Å². The molecule has 2 rings (SSSR count). The van der Waals surface area contributed by atoms with E-state index in [1.165, 1.54) is 6.07 Å². The van der Waals surface area contributed by atoms with Crippen LogP contribution in [0.3, 0.4) is 0 Å². The molecule has 1 saturated heterocycles. The van der Waals surface area contributed by atoms with Crippen LogP contribution in [-0.2, 0) is 0 Å². The molecule has 0 aliphatic carbocycles. The number of aliphatic hydroxyl groups is 1. The second-order valence-corrected chi connectivity index (χ2v) is 5.19. The number of benzene rings is 1. The van der Waals surface area contributed by atoms with E-state index in [2.05, 4.69) is 21.2 Å². The molecule has 0 radical (unpaired) electrons. The van der Waals surface area contributed by atoms with E-state index in [0.717, 1.165) is 13.1 Å². The van der Waals surface area contributed by atoms with Crippen molar-refractivity contribution in [1.29, 1.82) is 0 Å². The molecule has 1 aliphatic rings. The minimum absolute atomic E-state index is 0.243. The highest BCUT2D eigenvalue weighted by Gasteiger charge is 2.29. The van der Waals surface area contributed by atoms with E-state index in [4.69, 9.17) is 4.74 Å². The van der Waals surface area contributed by atoms with Gasteiger partial charge in [0.15, 0.2) is 0 Å². The van der Waals surface area contributed by atoms with E-state index in [-0.39, 0.29) is 12.4 Å². The quantitative estimate of drug-likeness (QED) is 0.898. The summed E-state index contributed by atoms with van der Waals surface area (Å²) in [7, 11) is 0.